The van der Waals surface area contributed by atoms with Gasteiger partial charge in [0.15, 0.2) is 6.61 Å². The lowest BCUT2D eigenvalue weighted by Gasteiger charge is -2.19. The molecule has 10 nitrogen and oxygen atoms in total. The van der Waals surface area contributed by atoms with E-state index in [2.05, 4.69) is 5.32 Å². The minimum atomic E-state index is -3.55. The molecule has 0 spiro atoms. The quantitative estimate of drug-likeness (QED) is 0.261. The molecule has 0 radical (unpaired) electrons. The Morgan fingerprint density at radius 2 is 1.74 bits per heavy atom. The summed E-state index contributed by atoms with van der Waals surface area (Å²) < 4.78 is 32.0. The maximum atomic E-state index is 12.8. The van der Waals surface area contributed by atoms with Crippen LogP contribution in [0, 0.1) is 10.1 Å². The summed E-state index contributed by atoms with van der Waals surface area (Å²) in [6.45, 7) is 0.466. The lowest BCUT2D eigenvalue weighted by Crippen LogP contribution is -2.31. The number of nitro groups is 1. The van der Waals surface area contributed by atoms with Crippen LogP contribution in [0.1, 0.15) is 31.2 Å². The van der Waals surface area contributed by atoms with Crippen molar-refractivity contribution in [2.75, 3.05) is 25.0 Å². The molecule has 0 unspecified atom stereocenters. The van der Waals surface area contributed by atoms with E-state index in [-0.39, 0.29) is 16.3 Å². The van der Waals surface area contributed by atoms with E-state index in [1.165, 1.54) is 46.8 Å². The molecule has 3 rings (SSSR count). The molecule has 1 N–H and O–H groups in total. The van der Waals surface area contributed by atoms with E-state index < -0.39 is 33.4 Å². The summed E-state index contributed by atoms with van der Waals surface area (Å²) in [6, 6.07) is 11.5. The highest BCUT2D eigenvalue weighted by Gasteiger charge is 2.24. The topological polar surface area (TPSA) is 136 Å². The van der Waals surface area contributed by atoms with Crippen molar-refractivity contribution in [2.24, 2.45) is 0 Å². The van der Waals surface area contributed by atoms with Crippen molar-refractivity contribution in [2.45, 2.75) is 30.6 Å². The molecule has 1 saturated heterocycles. The van der Waals surface area contributed by atoms with Crippen LogP contribution in [-0.2, 0) is 24.3 Å². The number of esters is 1. The maximum Gasteiger partial charge on any atom is 0.331 e. The molecule has 1 amide bonds. The van der Waals surface area contributed by atoms with Crippen molar-refractivity contribution < 1.29 is 27.7 Å². The molecule has 1 aliphatic rings. The number of nitrogens with zero attached hydrogens (tertiary/aromatic N) is 2. The third kappa shape index (κ3) is 6.96. The Hall–Kier alpha value is -3.57. The van der Waals surface area contributed by atoms with Crippen molar-refractivity contribution in [1.29, 1.82) is 0 Å². The van der Waals surface area contributed by atoms with Gasteiger partial charge in [-0.05, 0) is 42.7 Å². The van der Waals surface area contributed by atoms with Crippen molar-refractivity contribution in [3.05, 3.63) is 70.3 Å². The van der Waals surface area contributed by atoms with Crippen molar-refractivity contribution in [1.82, 2.24) is 4.31 Å². The zero-order valence-corrected chi connectivity index (χ0v) is 19.2. The number of carbonyl (C=O) groups excluding carboxylic acids is 2. The molecule has 0 bridgehead atoms. The summed E-state index contributed by atoms with van der Waals surface area (Å²) in [7, 11) is -3.55. The van der Waals surface area contributed by atoms with E-state index in [0.29, 0.717) is 18.7 Å². The second-order valence-corrected chi connectivity index (χ2v) is 9.62. The normalized spacial score (nSPS) is 14.9. The van der Waals surface area contributed by atoms with Crippen molar-refractivity contribution in [3.8, 4) is 0 Å². The lowest BCUT2D eigenvalue weighted by atomic mass is 10.2. The highest BCUT2D eigenvalue weighted by molar-refractivity contribution is 7.89. The van der Waals surface area contributed by atoms with Crippen LogP contribution in [0.5, 0.6) is 0 Å². The molecular formula is C23H25N3O7S. The highest BCUT2D eigenvalue weighted by Crippen LogP contribution is 2.21. The molecule has 0 aromatic heterocycles. The van der Waals surface area contributed by atoms with Gasteiger partial charge in [0.05, 0.1) is 9.82 Å². The standard InChI is InChI=1S/C23H25N3O7S/c27-22(24-19-6-5-7-20(16-19)26(29)30)17-33-23(28)13-10-18-8-11-21(12-9-18)34(31,32)25-14-3-1-2-4-15-25/h5-13,16H,1-4,14-15,17H2,(H,24,27). The Kier molecular flexibility index (Phi) is 8.50. The molecule has 180 valence electrons. The van der Waals surface area contributed by atoms with Crippen molar-refractivity contribution in [3.63, 3.8) is 0 Å². The first-order chi connectivity index (χ1) is 16.3. The average Bonchev–Trinajstić information content (AvgIpc) is 3.12. The van der Waals surface area contributed by atoms with Gasteiger partial charge in [-0.2, -0.15) is 4.31 Å². The number of rotatable bonds is 8. The number of sulfonamides is 1. The molecule has 2 aromatic rings. The first-order valence-corrected chi connectivity index (χ1v) is 12.2. The molecule has 34 heavy (non-hydrogen) atoms. The van der Waals surface area contributed by atoms with Gasteiger partial charge in [0.25, 0.3) is 11.6 Å². The van der Waals surface area contributed by atoms with Gasteiger partial charge in [-0.25, -0.2) is 13.2 Å². The Morgan fingerprint density at radius 3 is 2.38 bits per heavy atom. The monoisotopic (exact) mass is 487 g/mol. The van der Waals surface area contributed by atoms with Crippen LogP contribution in [-0.4, -0.2) is 49.2 Å². The highest BCUT2D eigenvalue weighted by atomic mass is 32.2. The van der Waals surface area contributed by atoms with E-state index in [1.54, 1.807) is 12.1 Å². The number of amides is 1. The third-order valence-electron chi connectivity index (χ3n) is 5.18. The zero-order valence-electron chi connectivity index (χ0n) is 18.4. The SMILES string of the molecule is O=C(COC(=O)C=Cc1ccc(S(=O)(=O)N2CCCCCC2)cc1)Nc1cccc([N+](=O)[O-])c1. The van der Waals surface area contributed by atoms with Crippen molar-refractivity contribution >= 4 is 39.4 Å². The molecule has 0 saturated carbocycles. The Bertz CT molecular complexity index is 1170. The van der Waals surface area contributed by atoms with E-state index in [0.717, 1.165) is 31.8 Å². The number of anilines is 1. The predicted molar refractivity (Wildman–Crippen MR) is 125 cm³/mol. The first kappa shape index (κ1) is 25.1. The van der Waals surface area contributed by atoms with Gasteiger partial charge in [0.2, 0.25) is 10.0 Å². The van der Waals surface area contributed by atoms with Crippen LogP contribution >= 0.6 is 0 Å². The Morgan fingerprint density at radius 1 is 1.06 bits per heavy atom. The largest absolute Gasteiger partial charge is 0.452 e. The number of benzene rings is 2. The molecule has 1 fully saturated rings. The number of non-ortho nitro benzene ring substituents is 1. The van der Waals surface area contributed by atoms with Crippen LogP contribution in [0.3, 0.4) is 0 Å². The number of hydrogen-bond acceptors (Lipinski definition) is 7. The average molecular weight is 488 g/mol. The van der Waals surface area contributed by atoms with E-state index in [4.69, 9.17) is 4.74 Å². The summed E-state index contributed by atoms with van der Waals surface area (Å²) in [6.07, 6.45) is 6.34. The number of ether oxygens (including phenoxy) is 1. The van der Waals surface area contributed by atoms with Gasteiger partial charge < -0.3 is 10.1 Å². The van der Waals surface area contributed by atoms with E-state index in [1.807, 2.05) is 0 Å². The van der Waals surface area contributed by atoms with E-state index >= 15 is 0 Å². The van der Waals surface area contributed by atoms with Gasteiger partial charge in [0.1, 0.15) is 0 Å². The molecule has 1 aliphatic heterocycles. The van der Waals surface area contributed by atoms with Crippen LogP contribution in [0.2, 0.25) is 0 Å². The summed E-state index contributed by atoms with van der Waals surface area (Å²) >= 11 is 0. The minimum absolute atomic E-state index is 0.178. The molecule has 2 aromatic carbocycles. The lowest BCUT2D eigenvalue weighted by molar-refractivity contribution is -0.384. The van der Waals surface area contributed by atoms with Crippen LogP contribution in [0.4, 0.5) is 11.4 Å². The maximum absolute atomic E-state index is 12.8. The van der Waals surface area contributed by atoms with Crippen LogP contribution in [0.25, 0.3) is 6.08 Å². The Labute approximate surface area is 197 Å². The van der Waals surface area contributed by atoms with Gasteiger partial charge in [-0.3, -0.25) is 14.9 Å². The molecule has 0 atom stereocenters. The summed E-state index contributed by atoms with van der Waals surface area (Å²) in [4.78, 5) is 34.2. The summed E-state index contributed by atoms with van der Waals surface area (Å²) in [5, 5.41) is 13.2. The number of carbonyl (C=O) groups is 2. The third-order valence-corrected chi connectivity index (χ3v) is 7.09. The summed E-state index contributed by atoms with van der Waals surface area (Å²) in [5.41, 5.74) is 0.622. The number of hydrogen-bond donors (Lipinski definition) is 1. The fourth-order valence-corrected chi connectivity index (χ4v) is 4.94. The summed E-state index contributed by atoms with van der Waals surface area (Å²) in [5.74, 6) is -1.42. The van der Waals surface area contributed by atoms with Gasteiger partial charge in [-0.1, -0.05) is 31.0 Å². The van der Waals surface area contributed by atoms with Crippen LogP contribution in [0.15, 0.2) is 59.5 Å². The van der Waals surface area contributed by atoms with Gasteiger partial charge >= 0.3 is 5.97 Å². The molecule has 0 aliphatic carbocycles. The first-order valence-electron chi connectivity index (χ1n) is 10.7. The fraction of sp³-hybridized carbons (Fsp3) is 0.304. The fourth-order valence-electron chi connectivity index (χ4n) is 3.43. The van der Waals surface area contributed by atoms with E-state index in [9.17, 15) is 28.1 Å². The zero-order chi connectivity index (χ0) is 24.6. The molecule has 11 heteroatoms. The second kappa shape index (κ2) is 11.5. The molecule has 1 heterocycles. The number of nitrogens with one attached hydrogen (secondary N) is 1. The smallest absolute Gasteiger partial charge is 0.331 e. The van der Waals surface area contributed by atoms with Crippen LogP contribution < -0.4 is 5.32 Å². The minimum Gasteiger partial charge on any atom is -0.452 e. The molecular weight excluding hydrogens is 462 g/mol. The van der Waals surface area contributed by atoms with Gasteiger partial charge in [0, 0.05) is 37.0 Å². The number of nitro benzene ring substituents is 1. The second-order valence-electron chi connectivity index (χ2n) is 7.68. The Balaban J connectivity index is 1.51. The predicted octanol–water partition coefficient (Wildman–Crippen LogP) is 3.35. The van der Waals surface area contributed by atoms with Gasteiger partial charge in [-0.15, -0.1) is 0 Å².